The fourth-order valence-electron chi connectivity index (χ4n) is 3.58. The van der Waals surface area contributed by atoms with E-state index < -0.39 is 6.10 Å². The molecule has 0 fully saturated rings. The van der Waals surface area contributed by atoms with E-state index in [1.54, 1.807) is 0 Å². The van der Waals surface area contributed by atoms with Gasteiger partial charge in [-0.25, -0.2) is 0 Å². The highest BCUT2D eigenvalue weighted by Gasteiger charge is 2.05. The van der Waals surface area contributed by atoms with E-state index in [-0.39, 0.29) is 12.6 Å². The molecule has 162 valence electrons. The number of carbonyl (C=O) groups excluding carboxylic acids is 1. The maximum absolute atomic E-state index is 10.7. The average molecular weight is 385 g/mol. The van der Waals surface area contributed by atoms with Crippen molar-refractivity contribution in [2.45, 2.75) is 142 Å². The Bertz CT molecular complexity index is 304. The van der Waals surface area contributed by atoms with Crippen molar-refractivity contribution in [1.82, 2.24) is 0 Å². The van der Waals surface area contributed by atoms with Gasteiger partial charge in [0.25, 0.3) is 0 Å². The molecule has 0 aliphatic rings. The van der Waals surface area contributed by atoms with Crippen LogP contribution in [0.25, 0.3) is 0 Å². The molecule has 0 rings (SSSR count). The quantitative estimate of drug-likeness (QED) is 0.166. The van der Waals surface area contributed by atoms with Crippen molar-refractivity contribution in [2.24, 2.45) is 0 Å². The van der Waals surface area contributed by atoms with Crippen LogP contribution in [0.1, 0.15) is 136 Å². The molecule has 0 saturated carbocycles. The Morgan fingerprint density at radius 2 is 1.00 bits per heavy atom. The minimum atomic E-state index is -0.491. The first-order valence-corrected chi connectivity index (χ1v) is 12.0. The topological polar surface area (TPSA) is 46.5 Å². The summed E-state index contributed by atoms with van der Waals surface area (Å²) < 4.78 is 4.80. The lowest BCUT2D eigenvalue weighted by atomic mass is 10.0. The number of aliphatic hydroxyl groups excluding tert-OH is 1. The molecular formula is C24H48O3. The van der Waals surface area contributed by atoms with Crippen LogP contribution in [-0.2, 0) is 9.53 Å². The second kappa shape index (κ2) is 21.7. The second-order valence-corrected chi connectivity index (χ2v) is 8.26. The fraction of sp³-hybridized carbons (Fsp3) is 0.958. The number of hydrogen-bond donors (Lipinski definition) is 1. The number of ether oxygens (including phenoxy) is 1. The molecule has 1 atom stereocenters. The van der Waals surface area contributed by atoms with Gasteiger partial charge in [-0.2, -0.15) is 0 Å². The van der Waals surface area contributed by atoms with Crippen molar-refractivity contribution < 1.29 is 14.6 Å². The third kappa shape index (κ3) is 23.4. The Morgan fingerprint density at radius 1 is 0.667 bits per heavy atom. The maximum atomic E-state index is 10.7. The lowest BCUT2D eigenvalue weighted by Gasteiger charge is -2.10. The zero-order valence-corrected chi connectivity index (χ0v) is 18.5. The van der Waals surface area contributed by atoms with Crippen LogP contribution in [0.5, 0.6) is 0 Å². The monoisotopic (exact) mass is 384 g/mol. The molecule has 0 heterocycles. The highest BCUT2D eigenvalue weighted by atomic mass is 16.5. The number of hydrogen-bond acceptors (Lipinski definition) is 3. The van der Waals surface area contributed by atoms with Crippen LogP contribution in [0, 0.1) is 0 Å². The molecular weight excluding hydrogens is 336 g/mol. The summed E-state index contributed by atoms with van der Waals surface area (Å²) in [4.78, 5) is 10.7. The van der Waals surface area contributed by atoms with Gasteiger partial charge in [0, 0.05) is 6.92 Å². The van der Waals surface area contributed by atoms with Crippen LogP contribution in [-0.4, -0.2) is 23.8 Å². The summed E-state index contributed by atoms with van der Waals surface area (Å²) in [7, 11) is 0. The molecule has 0 aromatic heterocycles. The summed E-state index contributed by atoms with van der Waals surface area (Å²) in [6.07, 6.45) is 24.9. The van der Waals surface area contributed by atoms with Gasteiger partial charge >= 0.3 is 5.97 Å². The zero-order chi connectivity index (χ0) is 20.0. The first kappa shape index (κ1) is 26.4. The molecule has 1 unspecified atom stereocenters. The van der Waals surface area contributed by atoms with Crippen LogP contribution in [0.4, 0.5) is 0 Å². The molecule has 1 N–H and O–H groups in total. The zero-order valence-electron chi connectivity index (χ0n) is 18.5. The Balaban J connectivity index is 3.08. The van der Waals surface area contributed by atoms with Gasteiger partial charge in [-0.1, -0.05) is 122 Å². The summed E-state index contributed by atoms with van der Waals surface area (Å²) >= 11 is 0. The summed E-state index contributed by atoms with van der Waals surface area (Å²) in [5.41, 5.74) is 0. The summed E-state index contributed by atoms with van der Waals surface area (Å²) in [6, 6.07) is 0. The molecule has 27 heavy (non-hydrogen) atoms. The Hall–Kier alpha value is -0.570. The van der Waals surface area contributed by atoms with Gasteiger partial charge in [0.1, 0.15) is 6.61 Å². The first-order valence-electron chi connectivity index (χ1n) is 12.0. The minimum absolute atomic E-state index is 0.147. The van der Waals surface area contributed by atoms with Crippen LogP contribution < -0.4 is 0 Å². The Morgan fingerprint density at radius 3 is 1.33 bits per heavy atom. The highest BCUT2D eigenvalue weighted by Crippen LogP contribution is 2.14. The molecule has 3 nitrogen and oxygen atoms in total. The molecule has 0 aromatic rings. The highest BCUT2D eigenvalue weighted by molar-refractivity contribution is 5.65. The third-order valence-electron chi connectivity index (χ3n) is 5.37. The molecule has 0 saturated heterocycles. The van der Waals surface area contributed by atoms with Crippen molar-refractivity contribution in [3.8, 4) is 0 Å². The van der Waals surface area contributed by atoms with Crippen molar-refractivity contribution in [3.63, 3.8) is 0 Å². The van der Waals surface area contributed by atoms with E-state index >= 15 is 0 Å². The molecule has 0 bridgehead atoms. The van der Waals surface area contributed by atoms with Crippen LogP contribution in [0.3, 0.4) is 0 Å². The molecule has 3 heteroatoms. The van der Waals surface area contributed by atoms with Gasteiger partial charge < -0.3 is 9.84 Å². The molecule has 0 aliphatic heterocycles. The minimum Gasteiger partial charge on any atom is -0.463 e. The largest absolute Gasteiger partial charge is 0.463 e. The van der Waals surface area contributed by atoms with E-state index in [9.17, 15) is 9.90 Å². The number of rotatable bonds is 21. The number of aliphatic hydroxyl groups is 1. The van der Waals surface area contributed by atoms with Gasteiger partial charge in [-0.3, -0.25) is 4.79 Å². The summed E-state index contributed by atoms with van der Waals surface area (Å²) in [5.74, 6) is -0.313. The predicted molar refractivity (Wildman–Crippen MR) is 116 cm³/mol. The first-order chi connectivity index (χ1) is 13.2. The van der Waals surface area contributed by atoms with E-state index in [2.05, 4.69) is 6.92 Å². The molecule has 0 spiro atoms. The predicted octanol–water partition coefficient (Wildman–Crippen LogP) is 7.34. The van der Waals surface area contributed by atoms with E-state index in [0.717, 1.165) is 12.8 Å². The molecule has 0 aliphatic carbocycles. The summed E-state index contributed by atoms with van der Waals surface area (Å²) in [5, 5.41) is 9.66. The third-order valence-corrected chi connectivity index (χ3v) is 5.37. The smallest absolute Gasteiger partial charge is 0.302 e. The van der Waals surface area contributed by atoms with E-state index in [4.69, 9.17) is 4.74 Å². The van der Waals surface area contributed by atoms with Crippen molar-refractivity contribution in [2.75, 3.05) is 6.61 Å². The molecule has 0 aromatic carbocycles. The standard InChI is InChI=1S/C24H48O3/c1-3-4-5-6-7-8-9-10-11-12-13-14-15-16-17-18-19-20-21-24(26)22-27-23(2)25/h24,26H,3-22H2,1-2H3. The van der Waals surface area contributed by atoms with Gasteiger partial charge in [0.15, 0.2) is 0 Å². The van der Waals surface area contributed by atoms with E-state index in [1.165, 1.54) is 116 Å². The van der Waals surface area contributed by atoms with Gasteiger partial charge in [0.05, 0.1) is 6.10 Å². The van der Waals surface area contributed by atoms with Gasteiger partial charge in [0.2, 0.25) is 0 Å². The van der Waals surface area contributed by atoms with Crippen molar-refractivity contribution >= 4 is 5.97 Å². The fourth-order valence-corrected chi connectivity index (χ4v) is 3.58. The van der Waals surface area contributed by atoms with Crippen molar-refractivity contribution in [1.29, 1.82) is 0 Å². The average Bonchev–Trinajstić information content (AvgIpc) is 2.65. The van der Waals surface area contributed by atoms with Crippen LogP contribution in [0.2, 0.25) is 0 Å². The Kier molecular flexibility index (Phi) is 21.3. The Labute approximate surface area is 169 Å². The summed E-state index contributed by atoms with van der Waals surface area (Å²) in [6.45, 7) is 3.81. The lowest BCUT2D eigenvalue weighted by Crippen LogP contribution is -2.17. The SMILES string of the molecule is CCCCCCCCCCCCCCCCCCCCC(O)COC(C)=O. The maximum Gasteiger partial charge on any atom is 0.302 e. The van der Waals surface area contributed by atoms with Crippen molar-refractivity contribution in [3.05, 3.63) is 0 Å². The number of carbonyl (C=O) groups is 1. The lowest BCUT2D eigenvalue weighted by molar-refractivity contribution is -0.144. The number of esters is 1. The van der Waals surface area contributed by atoms with E-state index in [0.29, 0.717) is 0 Å². The number of unbranched alkanes of at least 4 members (excludes halogenated alkanes) is 17. The normalized spacial score (nSPS) is 12.3. The van der Waals surface area contributed by atoms with E-state index in [1.807, 2.05) is 0 Å². The van der Waals surface area contributed by atoms with Gasteiger partial charge in [-0.15, -0.1) is 0 Å². The molecule has 0 amide bonds. The molecule has 0 radical (unpaired) electrons. The second-order valence-electron chi connectivity index (χ2n) is 8.26. The van der Waals surface area contributed by atoms with Gasteiger partial charge in [-0.05, 0) is 6.42 Å². The van der Waals surface area contributed by atoms with Crippen LogP contribution >= 0.6 is 0 Å². The van der Waals surface area contributed by atoms with Crippen LogP contribution in [0.15, 0.2) is 0 Å².